The fourth-order valence-electron chi connectivity index (χ4n) is 2.01. The van der Waals surface area contributed by atoms with Gasteiger partial charge in [0.2, 0.25) is 10.0 Å². The molecule has 0 amide bonds. The van der Waals surface area contributed by atoms with Gasteiger partial charge in [0.25, 0.3) is 0 Å². The van der Waals surface area contributed by atoms with Crippen molar-refractivity contribution in [3.8, 4) is 0 Å². The Hall–Kier alpha value is -0.230. The molecule has 0 saturated heterocycles. The van der Waals surface area contributed by atoms with Crippen molar-refractivity contribution >= 4 is 33.4 Å². The fourth-order valence-corrected chi connectivity index (χ4v) is 4.60. The van der Waals surface area contributed by atoms with Gasteiger partial charge < -0.3 is 0 Å². The van der Waals surface area contributed by atoms with Gasteiger partial charge in [-0.3, -0.25) is 0 Å². The molecule has 6 heteroatoms. The van der Waals surface area contributed by atoms with Crippen LogP contribution in [0.15, 0.2) is 24.3 Å². The van der Waals surface area contributed by atoms with E-state index in [2.05, 4.69) is 0 Å². The summed E-state index contributed by atoms with van der Waals surface area (Å²) < 4.78 is 26.4. The summed E-state index contributed by atoms with van der Waals surface area (Å²) in [5.74, 6) is 1.24. The summed E-state index contributed by atoms with van der Waals surface area (Å²) >= 11 is 7.45. The highest BCUT2D eigenvalue weighted by Gasteiger charge is 2.25. The predicted octanol–water partition coefficient (Wildman–Crippen LogP) is 3.33. The van der Waals surface area contributed by atoms with E-state index in [1.54, 1.807) is 18.8 Å². The van der Waals surface area contributed by atoms with Crippen molar-refractivity contribution in [2.24, 2.45) is 0 Å². The van der Waals surface area contributed by atoms with Crippen molar-refractivity contribution in [1.82, 2.24) is 4.31 Å². The van der Waals surface area contributed by atoms with Crippen LogP contribution in [0.1, 0.15) is 24.5 Å². The molecule has 114 valence electrons. The summed E-state index contributed by atoms with van der Waals surface area (Å²) in [6.45, 7) is 2.01. The third kappa shape index (κ3) is 4.95. The predicted molar refractivity (Wildman–Crippen MR) is 88.8 cm³/mol. The SMILES string of the molecule is CCC(CSC)N(C)S(=O)(=O)Cc1cccc(CCl)c1. The van der Waals surface area contributed by atoms with E-state index >= 15 is 0 Å². The molecule has 0 aliphatic heterocycles. The van der Waals surface area contributed by atoms with Crippen LogP contribution in [-0.4, -0.2) is 37.8 Å². The molecule has 1 rings (SSSR count). The highest BCUT2D eigenvalue weighted by atomic mass is 35.5. The Morgan fingerprint density at radius 3 is 2.55 bits per heavy atom. The lowest BCUT2D eigenvalue weighted by molar-refractivity contribution is 0.385. The van der Waals surface area contributed by atoms with Crippen LogP contribution in [0.4, 0.5) is 0 Å². The van der Waals surface area contributed by atoms with Gasteiger partial charge in [-0.05, 0) is 23.8 Å². The third-order valence-electron chi connectivity index (χ3n) is 3.28. The number of rotatable bonds is 8. The van der Waals surface area contributed by atoms with Gasteiger partial charge in [-0.15, -0.1) is 11.6 Å². The Morgan fingerprint density at radius 1 is 1.35 bits per heavy atom. The summed E-state index contributed by atoms with van der Waals surface area (Å²) in [5.41, 5.74) is 1.73. The summed E-state index contributed by atoms with van der Waals surface area (Å²) in [6, 6.07) is 7.48. The number of hydrogen-bond acceptors (Lipinski definition) is 3. The second kappa shape index (κ2) is 8.27. The van der Waals surface area contributed by atoms with Crippen LogP contribution in [0.3, 0.4) is 0 Å². The lowest BCUT2D eigenvalue weighted by Gasteiger charge is -2.26. The first-order valence-electron chi connectivity index (χ1n) is 6.53. The Balaban J connectivity index is 2.87. The molecule has 0 radical (unpaired) electrons. The zero-order chi connectivity index (χ0) is 15.2. The zero-order valence-electron chi connectivity index (χ0n) is 12.2. The maximum Gasteiger partial charge on any atom is 0.218 e. The van der Waals surface area contributed by atoms with Gasteiger partial charge in [-0.1, -0.05) is 31.2 Å². The summed E-state index contributed by atoms with van der Waals surface area (Å²) in [5, 5.41) is 0. The number of nitrogens with zero attached hydrogens (tertiary/aromatic N) is 1. The van der Waals surface area contributed by atoms with E-state index in [9.17, 15) is 8.42 Å². The van der Waals surface area contributed by atoms with Gasteiger partial charge in [-0.2, -0.15) is 11.8 Å². The number of thioether (sulfide) groups is 1. The molecule has 0 aliphatic rings. The lowest BCUT2D eigenvalue weighted by Crippen LogP contribution is -2.38. The van der Waals surface area contributed by atoms with Gasteiger partial charge in [-0.25, -0.2) is 12.7 Å². The van der Waals surface area contributed by atoms with Crippen LogP contribution < -0.4 is 0 Å². The van der Waals surface area contributed by atoms with Gasteiger partial charge in [0.1, 0.15) is 0 Å². The Morgan fingerprint density at radius 2 is 2.00 bits per heavy atom. The molecule has 1 atom stereocenters. The van der Waals surface area contributed by atoms with E-state index in [1.165, 1.54) is 4.31 Å². The van der Waals surface area contributed by atoms with Crippen LogP contribution in [0.5, 0.6) is 0 Å². The molecule has 1 aromatic carbocycles. The minimum Gasteiger partial charge on any atom is -0.212 e. The van der Waals surface area contributed by atoms with Crippen molar-refractivity contribution in [2.75, 3.05) is 19.1 Å². The topological polar surface area (TPSA) is 37.4 Å². The number of halogens is 1. The van der Waals surface area contributed by atoms with Gasteiger partial charge in [0.05, 0.1) is 5.75 Å². The molecule has 20 heavy (non-hydrogen) atoms. The van der Waals surface area contributed by atoms with E-state index in [1.807, 2.05) is 37.4 Å². The number of sulfonamides is 1. The number of alkyl halides is 1. The van der Waals surface area contributed by atoms with Crippen LogP contribution in [-0.2, 0) is 21.7 Å². The standard InChI is InChI=1S/C14H22ClNO2S2/c1-4-14(10-19-3)16(2)20(17,18)11-13-7-5-6-12(8-13)9-15/h5-8,14H,4,9-11H2,1-3H3. The van der Waals surface area contributed by atoms with E-state index in [0.29, 0.717) is 5.88 Å². The quantitative estimate of drug-likeness (QED) is 0.684. The molecular weight excluding hydrogens is 314 g/mol. The smallest absolute Gasteiger partial charge is 0.212 e. The fraction of sp³-hybridized carbons (Fsp3) is 0.571. The number of hydrogen-bond donors (Lipinski definition) is 0. The van der Waals surface area contributed by atoms with Gasteiger partial charge in [0, 0.05) is 24.7 Å². The lowest BCUT2D eigenvalue weighted by atomic mass is 10.2. The minimum absolute atomic E-state index is 0.0269. The zero-order valence-corrected chi connectivity index (χ0v) is 14.6. The summed E-state index contributed by atoms with van der Waals surface area (Å²) in [7, 11) is -1.62. The second-order valence-corrected chi connectivity index (χ2v) is 7.95. The molecule has 0 bridgehead atoms. The van der Waals surface area contributed by atoms with Gasteiger partial charge >= 0.3 is 0 Å². The van der Waals surface area contributed by atoms with Gasteiger partial charge in [0.15, 0.2) is 0 Å². The normalized spacial score (nSPS) is 13.7. The second-order valence-electron chi connectivity index (χ2n) is 4.74. The molecule has 0 heterocycles. The van der Waals surface area contributed by atoms with Crippen molar-refractivity contribution in [1.29, 1.82) is 0 Å². The Labute approximate surface area is 131 Å². The molecule has 0 aromatic heterocycles. The number of benzene rings is 1. The van der Waals surface area contributed by atoms with E-state index in [0.717, 1.165) is 23.3 Å². The average molecular weight is 336 g/mol. The molecule has 3 nitrogen and oxygen atoms in total. The first kappa shape index (κ1) is 17.8. The average Bonchev–Trinajstić information content (AvgIpc) is 2.43. The van der Waals surface area contributed by atoms with Crippen LogP contribution in [0, 0.1) is 0 Å². The minimum atomic E-state index is -3.29. The van der Waals surface area contributed by atoms with Crippen LogP contribution in [0.25, 0.3) is 0 Å². The van der Waals surface area contributed by atoms with Crippen molar-refractivity contribution < 1.29 is 8.42 Å². The molecule has 0 fully saturated rings. The molecule has 0 saturated carbocycles. The first-order valence-corrected chi connectivity index (χ1v) is 10.1. The van der Waals surface area contributed by atoms with E-state index < -0.39 is 10.0 Å². The van der Waals surface area contributed by atoms with Crippen LogP contribution >= 0.6 is 23.4 Å². The first-order chi connectivity index (χ1) is 9.44. The van der Waals surface area contributed by atoms with Crippen LogP contribution in [0.2, 0.25) is 0 Å². The summed E-state index contributed by atoms with van der Waals surface area (Å²) in [4.78, 5) is 0. The summed E-state index contributed by atoms with van der Waals surface area (Å²) in [6.07, 6.45) is 2.81. The molecule has 0 N–H and O–H groups in total. The van der Waals surface area contributed by atoms with E-state index in [4.69, 9.17) is 11.6 Å². The molecule has 1 aromatic rings. The highest BCUT2D eigenvalue weighted by molar-refractivity contribution is 7.98. The van der Waals surface area contributed by atoms with Crippen molar-refractivity contribution in [3.05, 3.63) is 35.4 Å². The largest absolute Gasteiger partial charge is 0.218 e. The van der Waals surface area contributed by atoms with Crippen molar-refractivity contribution in [3.63, 3.8) is 0 Å². The van der Waals surface area contributed by atoms with Crippen molar-refractivity contribution in [2.45, 2.75) is 31.0 Å². The molecule has 0 spiro atoms. The monoisotopic (exact) mass is 335 g/mol. The molecule has 1 unspecified atom stereocenters. The highest BCUT2D eigenvalue weighted by Crippen LogP contribution is 2.17. The third-order valence-corrected chi connectivity index (χ3v) is 6.18. The molecular formula is C14H22ClNO2S2. The maximum atomic E-state index is 12.5. The van der Waals surface area contributed by atoms with E-state index in [-0.39, 0.29) is 11.8 Å². The Kier molecular flexibility index (Phi) is 7.37. The molecule has 0 aliphatic carbocycles. The maximum absolute atomic E-state index is 12.5. The Bertz CT molecular complexity index is 520.